The summed E-state index contributed by atoms with van der Waals surface area (Å²) in [5.41, 5.74) is 4.80. The van der Waals surface area contributed by atoms with Crippen LogP contribution in [0.2, 0.25) is 0 Å². The molecule has 0 unspecified atom stereocenters. The second-order valence-corrected chi connectivity index (χ2v) is 4.16. The molecule has 0 spiro atoms. The van der Waals surface area contributed by atoms with Crippen LogP contribution in [-0.4, -0.2) is 17.2 Å². The molecule has 0 saturated heterocycles. The minimum absolute atomic E-state index is 0.161. The largest absolute Gasteiger partial charge is 0.508 e. The van der Waals surface area contributed by atoms with E-state index in [9.17, 15) is 9.90 Å². The number of carbonyl (C=O) groups is 1. The first-order valence-corrected chi connectivity index (χ1v) is 5.84. The molecule has 0 aliphatic rings. The van der Waals surface area contributed by atoms with Crippen LogP contribution < -0.4 is 5.43 Å². The Morgan fingerprint density at radius 1 is 1.21 bits per heavy atom. The summed E-state index contributed by atoms with van der Waals surface area (Å²) in [6.07, 6.45) is 1.48. The third-order valence-corrected chi connectivity index (χ3v) is 2.56. The van der Waals surface area contributed by atoms with Crippen LogP contribution in [0, 0.1) is 6.92 Å². The van der Waals surface area contributed by atoms with Crippen molar-refractivity contribution in [2.75, 3.05) is 0 Å². The monoisotopic (exact) mass is 254 g/mol. The molecule has 2 N–H and O–H groups in total. The number of carbonyl (C=O) groups excluding carboxylic acids is 1. The lowest BCUT2D eigenvalue weighted by molar-refractivity contribution is 0.0955. The molecule has 0 aliphatic heterocycles. The van der Waals surface area contributed by atoms with Gasteiger partial charge in [0.1, 0.15) is 5.75 Å². The maximum Gasteiger partial charge on any atom is 0.271 e. The van der Waals surface area contributed by atoms with Crippen molar-refractivity contribution < 1.29 is 9.90 Å². The molecule has 19 heavy (non-hydrogen) atoms. The van der Waals surface area contributed by atoms with Crippen LogP contribution in [0.25, 0.3) is 0 Å². The van der Waals surface area contributed by atoms with Crippen molar-refractivity contribution in [2.24, 2.45) is 5.10 Å². The molecule has 4 heteroatoms. The fraction of sp³-hybridized carbons (Fsp3) is 0.0667. The average molecular weight is 254 g/mol. The van der Waals surface area contributed by atoms with E-state index in [1.807, 2.05) is 19.1 Å². The van der Waals surface area contributed by atoms with Crippen molar-refractivity contribution in [3.05, 3.63) is 65.2 Å². The standard InChI is InChI=1S/C15H14N2O2/c1-11-5-7-13(8-6-11)15(19)17-16-10-12-3-2-4-14(18)9-12/h2-10,18H,1H3,(H,17,19)/b16-10-. The zero-order chi connectivity index (χ0) is 13.7. The van der Waals surface area contributed by atoms with E-state index in [1.54, 1.807) is 36.4 Å². The first-order valence-electron chi connectivity index (χ1n) is 5.84. The quantitative estimate of drug-likeness (QED) is 0.653. The summed E-state index contributed by atoms with van der Waals surface area (Å²) in [4.78, 5) is 11.7. The number of benzene rings is 2. The first-order chi connectivity index (χ1) is 9.15. The molecule has 0 radical (unpaired) electrons. The number of phenols is 1. The number of aromatic hydroxyl groups is 1. The third kappa shape index (κ3) is 3.67. The highest BCUT2D eigenvalue weighted by Gasteiger charge is 2.02. The summed E-state index contributed by atoms with van der Waals surface area (Å²) in [5, 5.41) is 13.1. The molecule has 0 saturated carbocycles. The van der Waals surface area contributed by atoms with Crippen LogP contribution in [-0.2, 0) is 0 Å². The fourth-order valence-corrected chi connectivity index (χ4v) is 1.54. The second kappa shape index (κ2) is 5.82. The van der Waals surface area contributed by atoms with Gasteiger partial charge in [-0.1, -0.05) is 29.8 Å². The number of aryl methyl sites for hydroxylation is 1. The SMILES string of the molecule is Cc1ccc(C(=O)N/N=C\c2cccc(O)c2)cc1. The predicted molar refractivity (Wildman–Crippen MR) is 74.3 cm³/mol. The predicted octanol–water partition coefficient (Wildman–Crippen LogP) is 2.46. The number of rotatable bonds is 3. The molecule has 1 amide bonds. The normalized spacial score (nSPS) is 10.6. The topological polar surface area (TPSA) is 61.7 Å². The van der Waals surface area contributed by atoms with Gasteiger partial charge in [0.15, 0.2) is 0 Å². The summed E-state index contributed by atoms with van der Waals surface area (Å²) in [5.74, 6) is -0.106. The molecular weight excluding hydrogens is 240 g/mol. The molecule has 2 rings (SSSR count). The molecule has 0 heterocycles. The van der Waals surface area contributed by atoms with Crippen molar-refractivity contribution in [1.29, 1.82) is 0 Å². The number of hydrogen-bond donors (Lipinski definition) is 2. The van der Waals surface area contributed by atoms with Crippen molar-refractivity contribution in [3.63, 3.8) is 0 Å². The Labute approximate surface area is 111 Å². The van der Waals surface area contributed by atoms with Gasteiger partial charge in [0, 0.05) is 5.56 Å². The van der Waals surface area contributed by atoms with Crippen LogP contribution in [0.15, 0.2) is 53.6 Å². The molecule has 0 aromatic heterocycles. The van der Waals surface area contributed by atoms with Gasteiger partial charge in [-0.25, -0.2) is 5.43 Å². The van der Waals surface area contributed by atoms with Gasteiger partial charge in [-0.2, -0.15) is 5.10 Å². The summed E-state index contributed by atoms with van der Waals surface area (Å²) in [6, 6.07) is 13.8. The molecule has 0 atom stereocenters. The van der Waals surface area contributed by atoms with E-state index in [2.05, 4.69) is 10.5 Å². The fourth-order valence-electron chi connectivity index (χ4n) is 1.54. The highest BCUT2D eigenvalue weighted by atomic mass is 16.3. The van der Waals surface area contributed by atoms with Crippen molar-refractivity contribution >= 4 is 12.1 Å². The number of phenolic OH excluding ortho intramolecular Hbond substituents is 1. The van der Waals surface area contributed by atoms with Crippen LogP contribution in [0.4, 0.5) is 0 Å². The molecule has 0 aliphatic carbocycles. The maximum atomic E-state index is 11.7. The van der Waals surface area contributed by atoms with Gasteiger partial charge in [-0.15, -0.1) is 0 Å². The smallest absolute Gasteiger partial charge is 0.271 e. The number of amides is 1. The maximum absolute atomic E-state index is 11.7. The van der Waals surface area contributed by atoms with Gasteiger partial charge < -0.3 is 5.11 Å². The summed E-state index contributed by atoms with van der Waals surface area (Å²) in [7, 11) is 0. The van der Waals surface area contributed by atoms with Crippen molar-refractivity contribution in [1.82, 2.24) is 5.43 Å². The molecule has 2 aromatic rings. The van der Waals surface area contributed by atoms with E-state index in [-0.39, 0.29) is 11.7 Å². The van der Waals surface area contributed by atoms with E-state index < -0.39 is 0 Å². The Kier molecular flexibility index (Phi) is 3.93. The minimum Gasteiger partial charge on any atom is -0.508 e. The van der Waals surface area contributed by atoms with Crippen LogP contribution in [0.1, 0.15) is 21.5 Å². The van der Waals surface area contributed by atoms with E-state index in [4.69, 9.17) is 0 Å². The van der Waals surface area contributed by atoms with Gasteiger partial charge in [0.25, 0.3) is 5.91 Å². The minimum atomic E-state index is -0.267. The van der Waals surface area contributed by atoms with E-state index in [1.165, 1.54) is 6.21 Å². The van der Waals surface area contributed by atoms with Crippen molar-refractivity contribution in [3.8, 4) is 5.75 Å². The van der Waals surface area contributed by atoms with Crippen LogP contribution in [0.5, 0.6) is 5.75 Å². The lowest BCUT2D eigenvalue weighted by Crippen LogP contribution is -2.17. The van der Waals surface area contributed by atoms with Crippen molar-refractivity contribution in [2.45, 2.75) is 6.92 Å². The number of hydrogen-bond acceptors (Lipinski definition) is 3. The Bertz CT molecular complexity index is 604. The average Bonchev–Trinajstić information content (AvgIpc) is 2.39. The third-order valence-electron chi connectivity index (χ3n) is 2.56. The Balaban J connectivity index is 1.98. The van der Waals surface area contributed by atoms with Gasteiger partial charge >= 0.3 is 0 Å². The number of hydrazone groups is 1. The van der Waals surface area contributed by atoms with Gasteiger partial charge in [0.2, 0.25) is 0 Å². The van der Waals surface area contributed by atoms with Crippen LogP contribution in [0.3, 0.4) is 0 Å². The Morgan fingerprint density at radius 2 is 1.95 bits per heavy atom. The van der Waals surface area contributed by atoms with E-state index in [0.717, 1.165) is 5.56 Å². The lowest BCUT2D eigenvalue weighted by atomic mass is 10.1. The van der Waals surface area contributed by atoms with E-state index in [0.29, 0.717) is 11.1 Å². The number of nitrogens with zero attached hydrogens (tertiary/aromatic N) is 1. The van der Waals surface area contributed by atoms with E-state index >= 15 is 0 Å². The van der Waals surface area contributed by atoms with Gasteiger partial charge in [0.05, 0.1) is 6.21 Å². The number of nitrogens with one attached hydrogen (secondary N) is 1. The summed E-state index contributed by atoms with van der Waals surface area (Å²) >= 11 is 0. The zero-order valence-electron chi connectivity index (χ0n) is 10.5. The molecule has 2 aromatic carbocycles. The molecule has 0 bridgehead atoms. The Morgan fingerprint density at radius 3 is 2.63 bits per heavy atom. The second-order valence-electron chi connectivity index (χ2n) is 4.16. The van der Waals surface area contributed by atoms with Gasteiger partial charge in [-0.05, 0) is 36.8 Å². The molecular formula is C15H14N2O2. The lowest BCUT2D eigenvalue weighted by Gasteiger charge is -2.00. The highest BCUT2D eigenvalue weighted by molar-refractivity contribution is 5.94. The first kappa shape index (κ1) is 12.8. The molecule has 4 nitrogen and oxygen atoms in total. The van der Waals surface area contributed by atoms with Crippen LogP contribution >= 0.6 is 0 Å². The summed E-state index contributed by atoms with van der Waals surface area (Å²) < 4.78 is 0. The summed E-state index contributed by atoms with van der Waals surface area (Å²) in [6.45, 7) is 1.96. The highest BCUT2D eigenvalue weighted by Crippen LogP contribution is 2.08. The Hall–Kier alpha value is -2.62. The molecule has 96 valence electrons. The van der Waals surface area contributed by atoms with Gasteiger partial charge in [-0.3, -0.25) is 4.79 Å². The zero-order valence-corrected chi connectivity index (χ0v) is 10.5. The molecule has 0 fully saturated rings.